The number of carbonyl (C=O) groups excluding carboxylic acids is 1. The second-order valence-corrected chi connectivity index (χ2v) is 3.21. The first-order valence-corrected chi connectivity index (χ1v) is 4.38. The van der Waals surface area contributed by atoms with E-state index in [0.29, 0.717) is 0 Å². The molecule has 0 aliphatic rings. The molecular weight excluding hydrogens is 227 g/mol. The van der Waals surface area contributed by atoms with Gasteiger partial charge >= 0.3 is 6.18 Å². The van der Waals surface area contributed by atoms with Crippen LogP contribution in [-0.2, 0) is 6.18 Å². The maximum absolute atomic E-state index is 12.4. The molecule has 1 unspecified atom stereocenters. The van der Waals surface area contributed by atoms with Crippen molar-refractivity contribution in [1.29, 1.82) is 0 Å². The van der Waals surface area contributed by atoms with Crippen LogP contribution in [-0.4, -0.2) is 33.9 Å². The fourth-order valence-corrected chi connectivity index (χ4v) is 1.02. The maximum atomic E-state index is 12.4. The SMILES string of the molecule is CC(CO)NC(=O)c1cn[nH]c1C(F)(F)F. The zero-order valence-electron chi connectivity index (χ0n) is 8.30. The minimum absolute atomic E-state index is 0.356. The summed E-state index contributed by atoms with van der Waals surface area (Å²) in [5.74, 6) is -0.928. The lowest BCUT2D eigenvalue weighted by Gasteiger charge is -2.11. The van der Waals surface area contributed by atoms with Gasteiger partial charge in [-0.3, -0.25) is 9.89 Å². The number of amides is 1. The fraction of sp³-hybridized carbons (Fsp3) is 0.500. The van der Waals surface area contributed by atoms with Crippen molar-refractivity contribution in [1.82, 2.24) is 15.5 Å². The van der Waals surface area contributed by atoms with Crippen LogP contribution in [0.3, 0.4) is 0 Å². The van der Waals surface area contributed by atoms with E-state index in [1.807, 2.05) is 0 Å². The summed E-state index contributed by atoms with van der Waals surface area (Å²) in [6.07, 6.45) is -3.87. The molecule has 8 heteroatoms. The number of hydrogen-bond acceptors (Lipinski definition) is 3. The molecule has 1 atom stereocenters. The number of aromatic amines is 1. The number of alkyl halides is 3. The normalized spacial score (nSPS) is 13.6. The van der Waals surface area contributed by atoms with Crippen molar-refractivity contribution in [3.63, 3.8) is 0 Å². The third-order valence-electron chi connectivity index (χ3n) is 1.82. The number of aliphatic hydroxyl groups excluding tert-OH is 1. The summed E-state index contributed by atoms with van der Waals surface area (Å²) in [5, 5.41) is 15.7. The van der Waals surface area contributed by atoms with E-state index in [1.165, 1.54) is 6.92 Å². The highest BCUT2D eigenvalue weighted by Gasteiger charge is 2.37. The van der Waals surface area contributed by atoms with Crippen molar-refractivity contribution < 1.29 is 23.1 Å². The minimum Gasteiger partial charge on any atom is -0.394 e. The predicted molar refractivity (Wildman–Crippen MR) is 47.6 cm³/mol. The topological polar surface area (TPSA) is 78.0 Å². The van der Waals surface area contributed by atoms with E-state index in [-0.39, 0.29) is 6.61 Å². The van der Waals surface area contributed by atoms with Crippen molar-refractivity contribution in [3.8, 4) is 0 Å². The molecule has 1 rings (SSSR count). The number of halogens is 3. The molecule has 3 N–H and O–H groups in total. The standard InChI is InChI=1S/C8H10F3N3O2/c1-4(3-15)13-7(16)5-2-12-14-6(5)8(9,10)11/h2,4,15H,3H2,1H3,(H,12,14)(H,13,16). The Kier molecular flexibility index (Phi) is 3.53. The number of aliphatic hydroxyl groups is 1. The van der Waals surface area contributed by atoms with Gasteiger partial charge in [0.15, 0.2) is 5.69 Å². The molecule has 0 radical (unpaired) electrons. The minimum atomic E-state index is -4.66. The zero-order valence-corrected chi connectivity index (χ0v) is 8.30. The number of rotatable bonds is 3. The smallest absolute Gasteiger partial charge is 0.394 e. The average molecular weight is 237 g/mol. The third kappa shape index (κ3) is 2.72. The maximum Gasteiger partial charge on any atom is 0.433 e. The van der Waals surface area contributed by atoms with E-state index in [1.54, 1.807) is 5.10 Å². The van der Waals surface area contributed by atoms with Crippen molar-refractivity contribution in [2.75, 3.05) is 6.61 Å². The van der Waals surface area contributed by atoms with Crippen molar-refractivity contribution in [3.05, 3.63) is 17.5 Å². The quantitative estimate of drug-likeness (QED) is 0.718. The highest BCUT2D eigenvalue weighted by atomic mass is 19.4. The summed E-state index contributed by atoms with van der Waals surface area (Å²) < 4.78 is 37.1. The van der Waals surface area contributed by atoms with Gasteiger partial charge in [-0.15, -0.1) is 0 Å². The lowest BCUT2D eigenvalue weighted by molar-refractivity contribution is -0.141. The lowest BCUT2D eigenvalue weighted by atomic mass is 10.2. The average Bonchev–Trinajstić information content (AvgIpc) is 2.65. The Morgan fingerprint density at radius 1 is 1.69 bits per heavy atom. The molecule has 16 heavy (non-hydrogen) atoms. The van der Waals surface area contributed by atoms with Crippen LogP contribution in [0.1, 0.15) is 23.0 Å². The van der Waals surface area contributed by atoms with Gasteiger partial charge in [-0.05, 0) is 6.92 Å². The molecule has 0 aliphatic carbocycles. The van der Waals surface area contributed by atoms with Crippen LogP contribution < -0.4 is 5.32 Å². The summed E-state index contributed by atoms with van der Waals surface area (Å²) in [7, 11) is 0. The lowest BCUT2D eigenvalue weighted by Crippen LogP contribution is -2.35. The van der Waals surface area contributed by atoms with Gasteiger partial charge in [0.2, 0.25) is 0 Å². The summed E-state index contributed by atoms with van der Waals surface area (Å²) in [4.78, 5) is 11.4. The Bertz CT molecular complexity index is 375. The molecule has 0 aromatic carbocycles. The molecule has 1 amide bonds. The van der Waals surface area contributed by atoms with E-state index in [9.17, 15) is 18.0 Å². The van der Waals surface area contributed by atoms with Gasteiger partial charge < -0.3 is 10.4 Å². The van der Waals surface area contributed by atoms with Crippen LogP contribution in [0.4, 0.5) is 13.2 Å². The van der Waals surface area contributed by atoms with Gasteiger partial charge in [-0.1, -0.05) is 0 Å². The monoisotopic (exact) mass is 237 g/mol. The van der Waals surface area contributed by atoms with Gasteiger partial charge in [0.1, 0.15) is 0 Å². The number of carbonyl (C=O) groups is 1. The van der Waals surface area contributed by atoms with Crippen molar-refractivity contribution in [2.45, 2.75) is 19.1 Å². The summed E-state index contributed by atoms with van der Waals surface area (Å²) in [5.41, 5.74) is -1.79. The van der Waals surface area contributed by atoms with Gasteiger partial charge in [-0.2, -0.15) is 18.3 Å². The molecule has 0 saturated carbocycles. The first kappa shape index (κ1) is 12.5. The fourth-order valence-electron chi connectivity index (χ4n) is 1.02. The molecule has 0 saturated heterocycles. The number of aromatic nitrogens is 2. The molecule has 0 fully saturated rings. The Balaban J connectivity index is 2.89. The van der Waals surface area contributed by atoms with Crippen LogP contribution in [0.5, 0.6) is 0 Å². The van der Waals surface area contributed by atoms with Gasteiger partial charge in [0, 0.05) is 6.04 Å². The van der Waals surface area contributed by atoms with Crippen molar-refractivity contribution in [2.24, 2.45) is 0 Å². The highest BCUT2D eigenvalue weighted by Crippen LogP contribution is 2.29. The van der Waals surface area contributed by atoms with Crippen LogP contribution in [0, 0.1) is 0 Å². The number of hydrogen-bond donors (Lipinski definition) is 3. The van der Waals surface area contributed by atoms with Gasteiger partial charge in [-0.25, -0.2) is 0 Å². The van der Waals surface area contributed by atoms with Crippen LogP contribution in [0.2, 0.25) is 0 Å². The first-order chi connectivity index (χ1) is 7.36. The second kappa shape index (κ2) is 4.52. The Morgan fingerprint density at radius 3 is 2.81 bits per heavy atom. The van der Waals surface area contributed by atoms with E-state index in [0.717, 1.165) is 6.20 Å². The molecule has 1 aromatic rings. The van der Waals surface area contributed by atoms with E-state index in [2.05, 4.69) is 10.4 Å². The molecular formula is C8H10F3N3O2. The van der Waals surface area contributed by atoms with E-state index >= 15 is 0 Å². The van der Waals surface area contributed by atoms with Gasteiger partial charge in [0.25, 0.3) is 5.91 Å². The summed E-state index contributed by atoms with van der Waals surface area (Å²) in [6.45, 7) is 1.11. The Labute approximate surface area is 88.7 Å². The van der Waals surface area contributed by atoms with E-state index < -0.39 is 29.4 Å². The highest BCUT2D eigenvalue weighted by molar-refractivity contribution is 5.95. The molecule has 0 aliphatic heterocycles. The van der Waals surface area contributed by atoms with Crippen molar-refractivity contribution >= 4 is 5.91 Å². The van der Waals surface area contributed by atoms with E-state index in [4.69, 9.17) is 5.11 Å². The first-order valence-electron chi connectivity index (χ1n) is 4.38. The summed E-state index contributed by atoms with van der Waals surface area (Å²) in [6, 6.07) is -0.622. The zero-order chi connectivity index (χ0) is 12.3. The Hall–Kier alpha value is -1.57. The Morgan fingerprint density at radius 2 is 2.31 bits per heavy atom. The molecule has 0 spiro atoms. The predicted octanol–water partition coefficient (Wildman–Crippen LogP) is 0.539. The second-order valence-electron chi connectivity index (χ2n) is 3.21. The molecule has 0 bridgehead atoms. The number of nitrogens with one attached hydrogen (secondary N) is 2. The molecule has 1 aromatic heterocycles. The number of H-pyrrole nitrogens is 1. The molecule has 1 heterocycles. The number of nitrogens with zero attached hydrogens (tertiary/aromatic N) is 1. The summed E-state index contributed by atoms with van der Waals surface area (Å²) >= 11 is 0. The third-order valence-corrected chi connectivity index (χ3v) is 1.82. The van der Waals surface area contributed by atoms with Gasteiger partial charge in [0.05, 0.1) is 18.4 Å². The molecule has 90 valence electrons. The van der Waals surface area contributed by atoms with Crippen LogP contribution >= 0.6 is 0 Å². The van der Waals surface area contributed by atoms with Crippen LogP contribution in [0.15, 0.2) is 6.20 Å². The van der Waals surface area contributed by atoms with Crippen LogP contribution in [0.25, 0.3) is 0 Å². The largest absolute Gasteiger partial charge is 0.433 e. The molecule has 5 nitrogen and oxygen atoms in total.